The lowest BCUT2D eigenvalue weighted by molar-refractivity contribution is -0.385. The summed E-state index contributed by atoms with van der Waals surface area (Å²) >= 11 is 9.81. The molecule has 0 unspecified atom stereocenters. The standard InChI is InChI=1S/C10H10ClNO2S/c11-9-4-5-10(12(13)14)8(7-9)3-1-2-6-15/h1,3-5,7,15H,2,6H2. The quantitative estimate of drug-likeness (QED) is 0.499. The van der Waals surface area contributed by atoms with E-state index in [1.54, 1.807) is 12.1 Å². The van der Waals surface area contributed by atoms with Gasteiger partial charge in [-0.05, 0) is 24.3 Å². The van der Waals surface area contributed by atoms with E-state index in [-0.39, 0.29) is 5.69 Å². The Bertz CT molecular complexity index is 393. The molecule has 0 aliphatic heterocycles. The Balaban J connectivity index is 3.02. The average Bonchev–Trinajstić information content (AvgIpc) is 2.18. The SMILES string of the molecule is O=[N+]([O-])c1ccc(Cl)cc1C=CCCS. The maximum atomic E-state index is 10.7. The fourth-order valence-electron chi connectivity index (χ4n) is 1.11. The second kappa shape index (κ2) is 5.78. The Morgan fingerprint density at radius 2 is 2.27 bits per heavy atom. The number of halogens is 1. The molecule has 0 atom stereocenters. The molecule has 5 heteroatoms. The minimum Gasteiger partial charge on any atom is -0.258 e. The molecule has 0 aromatic heterocycles. The monoisotopic (exact) mass is 243 g/mol. The first-order valence-corrected chi connectivity index (χ1v) is 5.37. The lowest BCUT2D eigenvalue weighted by Crippen LogP contribution is -1.90. The molecule has 0 N–H and O–H groups in total. The van der Waals surface area contributed by atoms with E-state index in [1.807, 2.05) is 6.08 Å². The van der Waals surface area contributed by atoms with Gasteiger partial charge < -0.3 is 0 Å². The van der Waals surface area contributed by atoms with Crippen LogP contribution in [0.15, 0.2) is 24.3 Å². The van der Waals surface area contributed by atoms with Gasteiger partial charge in [0.25, 0.3) is 5.69 Å². The van der Waals surface area contributed by atoms with Crippen LogP contribution in [0.5, 0.6) is 0 Å². The van der Waals surface area contributed by atoms with Crippen molar-refractivity contribution in [1.82, 2.24) is 0 Å². The Kier molecular flexibility index (Phi) is 4.65. The van der Waals surface area contributed by atoms with Crippen molar-refractivity contribution in [2.45, 2.75) is 6.42 Å². The number of benzene rings is 1. The molecule has 0 aliphatic rings. The van der Waals surface area contributed by atoms with E-state index >= 15 is 0 Å². The summed E-state index contributed by atoms with van der Waals surface area (Å²) in [6.45, 7) is 0. The predicted octanol–water partition coefficient (Wildman–Crippen LogP) is 3.58. The van der Waals surface area contributed by atoms with Gasteiger partial charge in [0.05, 0.1) is 10.5 Å². The zero-order valence-electron chi connectivity index (χ0n) is 7.89. The molecule has 1 aromatic rings. The molecule has 0 amide bonds. The van der Waals surface area contributed by atoms with E-state index in [1.165, 1.54) is 12.1 Å². The van der Waals surface area contributed by atoms with Crippen LogP contribution in [0.25, 0.3) is 6.08 Å². The maximum absolute atomic E-state index is 10.7. The van der Waals surface area contributed by atoms with Gasteiger partial charge in [-0.2, -0.15) is 12.6 Å². The molecule has 0 heterocycles. The maximum Gasteiger partial charge on any atom is 0.276 e. The fourth-order valence-corrected chi connectivity index (χ4v) is 1.44. The Labute approximate surface area is 98.3 Å². The van der Waals surface area contributed by atoms with Crippen molar-refractivity contribution in [3.05, 3.63) is 45.0 Å². The molecule has 0 bridgehead atoms. The van der Waals surface area contributed by atoms with Crippen molar-refractivity contribution in [1.29, 1.82) is 0 Å². The first-order chi connectivity index (χ1) is 7.15. The third kappa shape index (κ3) is 3.57. The summed E-state index contributed by atoms with van der Waals surface area (Å²) in [5.74, 6) is 0.713. The number of nitro benzene ring substituents is 1. The summed E-state index contributed by atoms with van der Waals surface area (Å²) in [6.07, 6.45) is 4.30. The number of hydrogen-bond donors (Lipinski definition) is 1. The number of nitro groups is 1. The lowest BCUT2D eigenvalue weighted by atomic mass is 10.1. The number of nitrogens with zero attached hydrogens (tertiary/aromatic N) is 1. The summed E-state index contributed by atoms with van der Waals surface area (Å²) in [5.41, 5.74) is 0.587. The Hall–Kier alpha value is -1.00. The van der Waals surface area contributed by atoms with Crippen LogP contribution in [0.4, 0.5) is 5.69 Å². The molecule has 1 aromatic carbocycles. The highest BCUT2D eigenvalue weighted by Gasteiger charge is 2.10. The van der Waals surface area contributed by atoms with Crippen molar-refractivity contribution < 1.29 is 4.92 Å². The molecule has 0 aliphatic carbocycles. The molecule has 0 radical (unpaired) electrons. The van der Waals surface area contributed by atoms with Crippen molar-refractivity contribution in [2.24, 2.45) is 0 Å². The van der Waals surface area contributed by atoms with Crippen LogP contribution >= 0.6 is 24.2 Å². The van der Waals surface area contributed by atoms with Crippen LogP contribution in [0.2, 0.25) is 5.02 Å². The highest BCUT2D eigenvalue weighted by atomic mass is 35.5. The van der Waals surface area contributed by atoms with Gasteiger partial charge in [-0.15, -0.1) is 0 Å². The van der Waals surface area contributed by atoms with E-state index in [4.69, 9.17) is 11.6 Å². The van der Waals surface area contributed by atoms with Crippen LogP contribution < -0.4 is 0 Å². The van der Waals surface area contributed by atoms with Gasteiger partial charge >= 0.3 is 0 Å². The molecule has 0 fully saturated rings. The summed E-state index contributed by atoms with van der Waals surface area (Å²) in [4.78, 5) is 10.3. The van der Waals surface area contributed by atoms with Crippen molar-refractivity contribution in [3.8, 4) is 0 Å². The third-order valence-corrected chi connectivity index (χ3v) is 2.27. The molecule has 3 nitrogen and oxygen atoms in total. The van der Waals surface area contributed by atoms with E-state index in [0.29, 0.717) is 16.3 Å². The molecule has 0 spiro atoms. The zero-order chi connectivity index (χ0) is 11.3. The van der Waals surface area contributed by atoms with Gasteiger partial charge in [0.1, 0.15) is 0 Å². The average molecular weight is 244 g/mol. The van der Waals surface area contributed by atoms with Crippen LogP contribution in [0.3, 0.4) is 0 Å². The van der Waals surface area contributed by atoms with Gasteiger partial charge in [-0.25, -0.2) is 0 Å². The normalized spacial score (nSPS) is 10.8. The predicted molar refractivity (Wildman–Crippen MR) is 65.6 cm³/mol. The third-order valence-electron chi connectivity index (χ3n) is 1.78. The number of thiol groups is 1. The highest BCUT2D eigenvalue weighted by molar-refractivity contribution is 7.80. The second-order valence-corrected chi connectivity index (χ2v) is 3.76. The van der Waals surface area contributed by atoms with Crippen LogP contribution in [0, 0.1) is 10.1 Å². The van der Waals surface area contributed by atoms with Crippen LogP contribution in [-0.4, -0.2) is 10.7 Å². The number of allylic oxidation sites excluding steroid dienone is 1. The minimum absolute atomic E-state index is 0.0646. The zero-order valence-corrected chi connectivity index (χ0v) is 9.54. The molecular formula is C10H10ClNO2S. The lowest BCUT2D eigenvalue weighted by Gasteiger charge is -1.97. The van der Waals surface area contributed by atoms with Gasteiger partial charge in [-0.3, -0.25) is 10.1 Å². The Morgan fingerprint density at radius 1 is 1.53 bits per heavy atom. The Morgan fingerprint density at radius 3 is 2.87 bits per heavy atom. The topological polar surface area (TPSA) is 43.1 Å². The molecule has 0 saturated heterocycles. The fraction of sp³-hybridized carbons (Fsp3) is 0.200. The first kappa shape index (κ1) is 12.1. The molecular weight excluding hydrogens is 234 g/mol. The van der Waals surface area contributed by atoms with E-state index in [0.717, 1.165) is 6.42 Å². The number of rotatable bonds is 4. The summed E-state index contributed by atoms with van der Waals surface area (Å²) < 4.78 is 0. The van der Waals surface area contributed by atoms with Gasteiger partial charge in [0.2, 0.25) is 0 Å². The molecule has 15 heavy (non-hydrogen) atoms. The molecule has 1 rings (SSSR count). The van der Waals surface area contributed by atoms with Crippen molar-refractivity contribution in [3.63, 3.8) is 0 Å². The van der Waals surface area contributed by atoms with Crippen LogP contribution in [-0.2, 0) is 0 Å². The largest absolute Gasteiger partial charge is 0.276 e. The second-order valence-electron chi connectivity index (χ2n) is 2.87. The van der Waals surface area contributed by atoms with Gasteiger partial charge in [0, 0.05) is 11.1 Å². The number of hydrogen-bond acceptors (Lipinski definition) is 3. The van der Waals surface area contributed by atoms with Crippen LogP contribution in [0.1, 0.15) is 12.0 Å². The highest BCUT2D eigenvalue weighted by Crippen LogP contribution is 2.23. The van der Waals surface area contributed by atoms with E-state index < -0.39 is 4.92 Å². The summed E-state index contributed by atoms with van der Waals surface area (Å²) in [7, 11) is 0. The van der Waals surface area contributed by atoms with Crippen molar-refractivity contribution >= 4 is 36.0 Å². The first-order valence-electron chi connectivity index (χ1n) is 4.36. The minimum atomic E-state index is -0.420. The smallest absolute Gasteiger partial charge is 0.258 e. The molecule has 80 valence electrons. The van der Waals surface area contributed by atoms with E-state index in [9.17, 15) is 10.1 Å². The summed E-state index contributed by atoms with van der Waals surface area (Å²) in [5, 5.41) is 11.2. The van der Waals surface area contributed by atoms with Gasteiger partial charge in [0.15, 0.2) is 0 Å². The van der Waals surface area contributed by atoms with Crippen molar-refractivity contribution in [2.75, 3.05) is 5.75 Å². The summed E-state index contributed by atoms with van der Waals surface area (Å²) in [6, 6.07) is 4.49. The molecule has 0 saturated carbocycles. The van der Waals surface area contributed by atoms with Gasteiger partial charge in [-0.1, -0.05) is 23.8 Å². The van der Waals surface area contributed by atoms with E-state index in [2.05, 4.69) is 12.6 Å².